The minimum atomic E-state index is -0.393. The monoisotopic (exact) mass is 250 g/mol. The molecule has 2 N–H and O–H groups in total. The van der Waals surface area contributed by atoms with Crippen molar-refractivity contribution in [3.8, 4) is 0 Å². The smallest absolute Gasteiger partial charge is 0.256 e. The highest BCUT2D eigenvalue weighted by atomic mass is 16.5. The first kappa shape index (κ1) is 14.2. The van der Waals surface area contributed by atoms with Crippen LogP contribution in [0.4, 0.5) is 0 Å². The summed E-state index contributed by atoms with van der Waals surface area (Å²) in [5.41, 5.74) is 1.48. The predicted molar refractivity (Wildman–Crippen MR) is 69.8 cm³/mol. The summed E-state index contributed by atoms with van der Waals surface area (Å²) in [6.07, 6.45) is 1.42. The van der Waals surface area contributed by atoms with Gasteiger partial charge in [-0.1, -0.05) is 12.2 Å². The van der Waals surface area contributed by atoms with E-state index in [1.54, 1.807) is 6.92 Å². The zero-order chi connectivity index (χ0) is 13.5. The fourth-order valence-electron chi connectivity index (χ4n) is 1.33. The van der Waals surface area contributed by atoms with Crippen molar-refractivity contribution in [3.05, 3.63) is 45.9 Å². The molecule has 1 aromatic rings. The number of hydrogen-bond acceptors (Lipinski definition) is 3. The van der Waals surface area contributed by atoms with E-state index in [2.05, 4.69) is 16.9 Å². The molecule has 0 aliphatic rings. The number of carbonyl (C=O) groups excluding carboxylic acids is 1. The number of aromatic nitrogens is 1. The molecular weight excluding hydrogens is 232 g/mol. The molecule has 5 heteroatoms. The maximum absolute atomic E-state index is 11.7. The number of pyridine rings is 1. The quantitative estimate of drug-likeness (QED) is 0.584. The maximum Gasteiger partial charge on any atom is 0.256 e. The Kier molecular flexibility index (Phi) is 5.32. The molecule has 0 unspecified atom stereocenters. The van der Waals surface area contributed by atoms with Gasteiger partial charge in [0.15, 0.2) is 5.43 Å². The predicted octanol–water partition coefficient (Wildman–Crippen LogP) is 1.01. The first-order valence-electron chi connectivity index (χ1n) is 5.70. The van der Waals surface area contributed by atoms with Gasteiger partial charge in [-0.2, -0.15) is 0 Å². The Bertz CT molecular complexity index is 491. The number of nitrogens with one attached hydrogen (secondary N) is 2. The Morgan fingerprint density at radius 2 is 2.28 bits per heavy atom. The third-order valence-corrected chi connectivity index (χ3v) is 2.18. The van der Waals surface area contributed by atoms with E-state index < -0.39 is 5.91 Å². The number of H-pyrrole nitrogens is 1. The van der Waals surface area contributed by atoms with Gasteiger partial charge in [0.05, 0.1) is 13.2 Å². The Morgan fingerprint density at radius 1 is 1.56 bits per heavy atom. The van der Waals surface area contributed by atoms with Crippen LogP contribution in [0.2, 0.25) is 0 Å². The van der Waals surface area contributed by atoms with Gasteiger partial charge in [-0.3, -0.25) is 9.59 Å². The molecule has 98 valence electrons. The number of ether oxygens (including phenoxy) is 1. The molecule has 0 fully saturated rings. The standard InChI is InChI=1S/C13H18N2O3/c1-9(2)8-18-5-4-14-13(17)11-7-15-10(3)6-12(11)16/h6-7H,1,4-5,8H2,2-3H3,(H,14,17)(H,15,16). The molecule has 0 radical (unpaired) electrons. The first-order chi connectivity index (χ1) is 8.50. The van der Waals surface area contributed by atoms with Crippen LogP contribution in [-0.4, -0.2) is 30.6 Å². The van der Waals surface area contributed by atoms with Crippen molar-refractivity contribution in [2.24, 2.45) is 0 Å². The van der Waals surface area contributed by atoms with Crippen LogP contribution in [0, 0.1) is 6.92 Å². The van der Waals surface area contributed by atoms with E-state index in [4.69, 9.17) is 4.74 Å². The van der Waals surface area contributed by atoms with Crippen molar-refractivity contribution < 1.29 is 9.53 Å². The zero-order valence-corrected chi connectivity index (χ0v) is 10.7. The van der Waals surface area contributed by atoms with E-state index in [9.17, 15) is 9.59 Å². The van der Waals surface area contributed by atoms with Crippen LogP contribution in [0.3, 0.4) is 0 Å². The molecule has 1 rings (SSSR count). The Hall–Kier alpha value is -1.88. The third kappa shape index (κ3) is 4.55. The molecule has 0 bridgehead atoms. The lowest BCUT2D eigenvalue weighted by atomic mass is 10.2. The van der Waals surface area contributed by atoms with Gasteiger partial charge < -0.3 is 15.0 Å². The molecule has 0 saturated heterocycles. The number of carbonyl (C=O) groups is 1. The molecule has 0 aliphatic heterocycles. The molecule has 0 atom stereocenters. The van der Waals surface area contributed by atoms with Crippen LogP contribution < -0.4 is 10.7 Å². The summed E-state index contributed by atoms with van der Waals surface area (Å²) in [7, 11) is 0. The number of amides is 1. The number of hydrogen-bond donors (Lipinski definition) is 2. The second kappa shape index (κ2) is 6.76. The highest BCUT2D eigenvalue weighted by Crippen LogP contribution is 1.92. The number of aryl methyl sites for hydroxylation is 1. The van der Waals surface area contributed by atoms with Crippen molar-refractivity contribution in [2.75, 3.05) is 19.8 Å². The molecule has 1 aromatic heterocycles. The SMILES string of the molecule is C=C(C)COCCNC(=O)c1c[nH]c(C)cc1=O. The van der Waals surface area contributed by atoms with Crippen molar-refractivity contribution in [2.45, 2.75) is 13.8 Å². The summed E-state index contributed by atoms with van der Waals surface area (Å²) >= 11 is 0. The van der Waals surface area contributed by atoms with Gasteiger partial charge in [-0.25, -0.2) is 0 Å². The molecular formula is C13H18N2O3. The Labute approximate surface area is 106 Å². The molecule has 0 aliphatic carbocycles. The highest BCUT2D eigenvalue weighted by Gasteiger charge is 2.09. The lowest BCUT2D eigenvalue weighted by Gasteiger charge is -2.06. The van der Waals surface area contributed by atoms with E-state index >= 15 is 0 Å². The topological polar surface area (TPSA) is 71.2 Å². The molecule has 0 spiro atoms. The van der Waals surface area contributed by atoms with E-state index in [1.807, 2.05) is 6.92 Å². The number of rotatable bonds is 6. The van der Waals surface area contributed by atoms with Gasteiger partial charge in [0.1, 0.15) is 5.56 Å². The fourth-order valence-corrected chi connectivity index (χ4v) is 1.33. The Balaban J connectivity index is 2.41. The average Bonchev–Trinajstić information content (AvgIpc) is 2.27. The average molecular weight is 250 g/mol. The van der Waals surface area contributed by atoms with Crippen LogP contribution in [0.25, 0.3) is 0 Å². The normalized spacial score (nSPS) is 10.1. The summed E-state index contributed by atoms with van der Waals surface area (Å²) < 4.78 is 5.23. The minimum absolute atomic E-state index is 0.112. The molecule has 18 heavy (non-hydrogen) atoms. The van der Waals surface area contributed by atoms with E-state index in [-0.39, 0.29) is 11.0 Å². The highest BCUT2D eigenvalue weighted by molar-refractivity contribution is 5.93. The Morgan fingerprint density at radius 3 is 2.89 bits per heavy atom. The molecule has 0 aromatic carbocycles. The second-order valence-electron chi connectivity index (χ2n) is 4.16. The summed E-state index contributed by atoms with van der Waals surface area (Å²) in [5, 5.41) is 2.62. The van der Waals surface area contributed by atoms with Crippen LogP contribution >= 0.6 is 0 Å². The van der Waals surface area contributed by atoms with Crippen LogP contribution in [0.5, 0.6) is 0 Å². The largest absolute Gasteiger partial charge is 0.375 e. The summed E-state index contributed by atoms with van der Waals surface area (Å²) in [6.45, 7) is 8.55. The van der Waals surface area contributed by atoms with Gasteiger partial charge in [0.2, 0.25) is 0 Å². The van der Waals surface area contributed by atoms with Crippen LogP contribution in [-0.2, 0) is 4.74 Å². The lowest BCUT2D eigenvalue weighted by Crippen LogP contribution is -2.31. The second-order valence-corrected chi connectivity index (χ2v) is 4.16. The third-order valence-electron chi connectivity index (χ3n) is 2.18. The van der Waals surface area contributed by atoms with Gasteiger partial charge in [0.25, 0.3) is 5.91 Å². The van der Waals surface area contributed by atoms with Gasteiger partial charge in [-0.15, -0.1) is 0 Å². The van der Waals surface area contributed by atoms with Crippen molar-refractivity contribution in [1.82, 2.24) is 10.3 Å². The first-order valence-corrected chi connectivity index (χ1v) is 5.70. The van der Waals surface area contributed by atoms with Gasteiger partial charge in [0, 0.05) is 24.5 Å². The maximum atomic E-state index is 11.7. The van der Waals surface area contributed by atoms with E-state index in [0.29, 0.717) is 19.8 Å². The molecule has 1 heterocycles. The molecule has 0 saturated carbocycles. The fraction of sp³-hybridized carbons (Fsp3) is 0.385. The van der Waals surface area contributed by atoms with Gasteiger partial charge >= 0.3 is 0 Å². The van der Waals surface area contributed by atoms with E-state index in [1.165, 1.54) is 12.3 Å². The van der Waals surface area contributed by atoms with Crippen molar-refractivity contribution in [1.29, 1.82) is 0 Å². The zero-order valence-electron chi connectivity index (χ0n) is 10.7. The van der Waals surface area contributed by atoms with Crippen molar-refractivity contribution >= 4 is 5.91 Å². The molecule has 5 nitrogen and oxygen atoms in total. The van der Waals surface area contributed by atoms with Crippen LogP contribution in [0.1, 0.15) is 23.0 Å². The lowest BCUT2D eigenvalue weighted by molar-refractivity contribution is 0.0925. The summed E-state index contributed by atoms with van der Waals surface area (Å²) in [4.78, 5) is 26.0. The van der Waals surface area contributed by atoms with Crippen molar-refractivity contribution in [3.63, 3.8) is 0 Å². The van der Waals surface area contributed by atoms with Gasteiger partial charge in [-0.05, 0) is 13.8 Å². The van der Waals surface area contributed by atoms with Crippen LogP contribution in [0.15, 0.2) is 29.2 Å². The summed E-state index contributed by atoms with van der Waals surface area (Å²) in [6, 6.07) is 1.40. The number of aromatic amines is 1. The van der Waals surface area contributed by atoms with E-state index in [0.717, 1.165) is 11.3 Å². The minimum Gasteiger partial charge on any atom is -0.375 e. The molecule has 1 amide bonds. The summed E-state index contributed by atoms with van der Waals surface area (Å²) in [5.74, 6) is -0.393.